The fourth-order valence-corrected chi connectivity index (χ4v) is 10.6. The van der Waals surface area contributed by atoms with Gasteiger partial charge in [0.25, 0.3) is 0 Å². The number of aromatic nitrogens is 5. The molecule has 0 radical (unpaired) electrons. The molecule has 63 heavy (non-hydrogen) atoms. The quantitative estimate of drug-likeness (QED) is 0.168. The van der Waals surface area contributed by atoms with Gasteiger partial charge in [-0.25, -0.2) is 4.98 Å². The zero-order valence-electron chi connectivity index (χ0n) is 33.9. The van der Waals surface area contributed by atoms with Crippen LogP contribution in [0.4, 0.5) is 0 Å². The van der Waals surface area contributed by atoms with Crippen LogP contribution in [-0.2, 0) is 0 Å². The second-order valence-electron chi connectivity index (χ2n) is 16.0. The smallest absolute Gasteiger partial charge is 0.238 e. The van der Waals surface area contributed by atoms with Gasteiger partial charge in [0, 0.05) is 58.4 Å². The van der Waals surface area contributed by atoms with Crippen LogP contribution in [0.5, 0.6) is 0 Å². The summed E-state index contributed by atoms with van der Waals surface area (Å²) in [5, 5.41) is 7.02. The van der Waals surface area contributed by atoms with Gasteiger partial charge in [0.2, 0.25) is 5.95 Å². The van der Waals surface area contributed by atoms with Crippen molar-refractivity contribution >= 4 is 75.1 Å². The molecule has 0 saturated carbocycles. The Balaban J connectivity index is 1.15. The topological polar surface area (TPSA) is 48.5 Å². The summed E-state index contributed by atoms with van der Waals surface area (Å²) in [7, 11) is 0. The van der Waals surface area contributed by atoms with E-state index < -0.39 is 0 Å². The highest BCUT2D eigenvalue weighted by molar-refractivity contribution is 7.25. The van der Waals surface area contributed by atoms with E-state index in [1.807, 2.05) is 29.5 Å². The molecule has 0 N–H and O–H groups in total. The summed E-state index contributed by atoms with van der Waals surface area (Å²) in [6.45, 7) is 0. The predicted octanol–water partition coefficient (Wildman–Crippen LogP) is 15.1. The Hall–Kier alpha value is -8.19. The lowest BCUT2D eigenvalue weighted by Crippen LogP contribution is -2.07. The zero-order valence-corrected chi connectivity index (χ0v) is 34.7. The fraction of sp³-hybridized carbons (Fsp3) is 0. The Morgan fingerprint density at radius 3 is 1.54 bits per heavy atom. The van der Waals surface area contributed by atoms with Gasteiger partial charge in [-0.1, -0.05) is 164 Å². The Morgan fingerprint density at radius 1 is 0.317 bits per heavy atom. The van der Waals surface area contributed by atoms with E-state index in [0.717, 1.165) is 71.7 Å². The molecule has 0 spiro atoms. The molecule has 0 saturated heterocycles. The molecular formula is C57H35N5S. The molecular weight excluding hydrogens is 787 g/mol. The van der Waals surface area contributed by atoms with Crippen molar-refractivity contribution in [2.75, 3.05) is 0 Å². The maximum absolute atomic E-state index is 5.45. The van der Waals surface area contributed by atoms with E-state index in [9.17, 15) is 0 Å². The molecule has 0 fully saturated rings. The second-order valence-corrected chi connectivity index (χ2v) is 17.1. The van der Waals surface area contributed by atoms with E-state index in [0.29, 0.717) is 17.6 Å². The molecule has 5 nitrogen and oxygen atoms in total. The van der Waals surface area contributed by atoms with Gasteiger partial charge in [-0.3, -0.25) is 4.57 Å². The van der Waals surface area contributed by atoms with Gasteiger partial charge in [-0.05, 0) is 65.2 Å². The lowest BCUT2D eigenvalue weighted by atomic mass is 9.97. The molecule has 13 rings (SSSR count). The fourth-order valence-electron chi connectivity index (χ4n) is 9.52. The van der Waals surface area contributed by atoms with Gasteiger partial charge in [0.05, 0.1) is 27.8 Å². The second kappa shape index (κ2) is 14.2. The highest BCUT2D eigenvalue weighted by Gasteiger charge is 2.25. The van der Waals surface area contributed by atoms with E-state index in [2.05, 4.69) is 203 Å². The van der Waals surface area contributed by atoms with E-state index >= 15 is 0 Å². The summed E-state index contributed by atoms with van der Waals surface area (Å²) < 4.78 is 7.25. The third kappa shape index (κ3) is 5.66. The average Bonchev–Trinajstić information content (AvgIpc) is 4.02. The maximum atomic E-state index is 5.45. The van der Waals surface area contributed by atoms with Crippen molar-refractivity contribution in [1.29, 1.82) is 0 Å². The normalized spacial score (nSPS) is 11.8. The lowest BCUT2D eigenvalue weighted by Gasteiger charge is -2.17. The summed E-state index contributed by atoms with van der Waals surface area (Å²) in [6, 6.07) is 75.7. The maximum Gasteiger partial charge on any atom is 0.238 e. The standard InChI is InChI=1S/C57H35N5S/c1-4-16-36(17-5-1)39-28-32-50(46(34-39)37-18-6-2-7-19-37)61-48-25-13-10-22-41(48)44-30-31-45-42-23-11-14-26-49(42)62(54(45)53(44)61)57-59-55(38-20-8-3-9-21-38)58-56(60-57)40-29-33-52-47(35-40)43-24-12-15-27-51(43)63-52/h1-35H. The van der Waals surface area contributed by atoms with Crippen LogP contribution in [0, 0.1) is 0 Å². The number of para-hydroxylation sites is 2. The van der Waals surface area contributed by atoms with Crippen LogP contribution in [0.3, 0.4) is 0 Å². The highest BCUT2D eigenvalue weighted by atomic mass is 32.1. The minimum absolute atomic E-state index is 0.562. The minimum atomic E-state index is 0.562. The number of rotatable bonds is 6. The first-order valence-electron chi connectivity index (χ1n) is 21.2. The number of thiophene rings is 1. The summed E-state index contributed by atoms with van der Waals surface area (Å²) >= 11 is 1.81. The summed E-state index contributed by atoms with van der Waals surface area (Å²) in [4.78, 5) is 16.1. The Bertz CT molecular complexity index is 3900. The molecule has 0 atom stereocenters. The molecule has 4 aromatic heterocycles. The number of nitrogens with zero attached hydrogens (tertiary/aromatic N) is 5. The van der Waals surface area contributed by atoms with Gasteiger partial charge >= 0.3 is 0 Å². The van der Waals surface area contributed by atoms with Crippen LogP contribution >= 0.6 is 11.3 Å². The number of fused-ring (bicyclic) bond motifs is 10. The van der Waals surface area contributed by atoms with Crippen molar-refractivity contribution in [1.82, 2.24) is 24.1 Å². The molecule has 0 bridgehead atoms. The van der Waals surface area contributed by atoms with Crippen LogP contribution in [0.15, 0.2) is 212 Å². The monoisotopic (exact) mass is 821 g/mol. The highest BCUT2D eigenvalue weighted by Crippen LogP contribution is 2.44. The third-order valence-electron chi connectivity index (χ3n) is 12.4. The van der Waals surface area contributed by atoms with E-state index in [4.69, 9.17) is 15.0 Å². The van der Waals surface area contributed by atoms with Crippen LogP contribution in [-0.4, -0.2) is 24.1 Å². The van der Waals surface area contributed by atoms with Gasteiger partial charge in [-0.15, -0.1) is 11.3 Å². The first-order valence-corrected chi connectivity index (χ1v) is 22.0. The first-order chi connectivity index (χ1) is 31.2. The third-order valence-corrected chi connectivity index (χ3v) is 13.5. The summed E-state index contributed by atoms with van der Waals surface area (Å²) in [5.41, 5.74) is 11.9. The van der Waals surface area contributed by atoms with Crippen molar-refractivity contribution in [3.63, 3.8) is 0 Å². The Labute approximate surface area is 366 Å². The Kier molecular flexibility index (Phi) is 8.01. The van der Waals surface area contributed by atoms with Crippen molar-refractivity contribution in [3.05, 3.63) is 212 Å². The number of benzene rings is 9. The van der Waals surface area contributed by atoms with Crippen molar-refractivity contribution in [2.45, 2.75) is 0 Å². The summed E-state index contributed by atoms with van der Waals surface area (Å²) in [6.07, 6.45) is 0. The average molecular weight is 822 g/mol. The minimum Gasteiger partial charge on any atom is -0.307 e. The molecule has 6 heteroatoms. The molecule has 294 valence electrons. The Morgan fingerprint density at radius 2 is 0.841 bits per heavy atom. The summed E-state index contributed by atoms with van der Waals surface area (Å²) in [5.74, 6) is 1.80. The van der Waals surface area contributed by atoms with E-state index in [1.54, 1.807) is 0 Å². The van der Waals surface area contributed by atoms with Crippen molar-refractivity contribution in [2.24, 2.45) is 0 Å². The van der Waals surface area contributed by atoms with Gasteiger partial charge in [0.1, 0.15) is 0 Å². The number of hydrogen-bond acceptors (Lipinski definition) is 4. The SMILES string of the molecule is c1ccc(-c2ccc(-n3c4ccccc4c4ccc5c6ccccc6n(-c6nc(-c7ccccc7)nc(-c7ccc8sc9ccccc9c8c7)n6)c5c43)c(-c3ccccc3)c2)cc1. The van der Waals surface area contributed by atoms with Crippen LogP contribution in [0.25, 0.3) is 120 Å². The van der Waals surface area contributed by atoms with Gasteiger partial charge in [-0.2, -0.15) is 9.97 Å². The molecule has 0 unspecified atom stereocenters. The van der Waals surface area contributed by atoms with E-state index in [1.165, 1.54) is 31.1 Å². The zero-order chi connectivity index (χ0) is 41.4. The van der Waals surface area contributed by atoms with Crippen LogP contribution in [0.1, 0.15) is 0 Å². The van der Waals surface area contributed by atoms with E-state index in [-0.39, 0.29) is 0 Å². The van der Waals surface area contributed by atoms with Crippen molar-refractivity contribution in [3.8, 4) is 56.7 Å². The lowest BCUT2D eigenvalue weighted by molar-refractivity contribution is 0.953. The van der Waals surface area contributed by atoms with Gasteiger partial charge < -0.3 is 4.57 Å². The molecule has 13 aromatic rings. The predicted molar refractivity (Wildman–Crippen MR) is 263 cm³/mol. The van der Waals surface area contributed by atoms with Crippen LogP contribution in [0.2, 0.25) is 0 Å². The molecule has 9 aromatic carbocycles. The molecule has 0 aliphatic rings. The van der Waals surface area contributed by atoms with Crippen molar-refractivity contribution < 1.29 is 0 Å². The van der Waals surface area contributed by atoms with Crippen LogP contribution < -0.4 is 0 Å². The molecule has 0 amide bonds. The number of hydrogen-bond donors (Lipinski definition) is 0. The molecule has 0 aliphatic heterocycles. The largest absolute Gasteiger partial charge is 0.307 e. The molecule has 4 heterocycles. The first kappa shape index (κ1) is 35.6. The van der Waals surface area contributed by atoms with Gasteiger partial charge in [0.15, 0.2) is 11.6 Å². The molecule has 0 aliphatic carbocycles.